The molecular weight excluding hydrogens is 302 g/mol. The quantitative estimate of drug-likeness (QED) is 0.732. The van der Waals surface area contributed by atoms with Gasteiger partial charge in [0.25, 0.3) is 5.91 Å². The van der Waals surface area contributed by atoms with Crippen LogP contribution in [-0.2, 0) is 13.1 Å². The molecule has 0 saturated heterocycles. The van der Waals surface area contributed by atoms with Gasteiger partial charge in [0, 0.05) is 18.7 Å². The molecule has 0 aliphatic rings. The summed E-state index contributed by atoms with van der Waals surface area (Å²) >= 11 is 0. The highest BCUT2D eigenvalue weighted by Gasteiger charge is 2.10. The number of carbonyl (C=O) groups excluding carboxylic acids is 1. The van der Waals surface area contributed by atoms with Crippen molar-refractivity contribution in [1.29, 1.82) is 0 Å². The van der Waals surface area contributed by atoms with Gasteiger partial charge >= 0.3 is 5.69 Å². The Kier molecular flexibility index (Phi) is 4.79. The van der Waals surface area contributed by atoms with Crippen molar-refractivity contribution in [3.8, 4) is 0 Å². The molecule has 0 fully saturated rings. The number of H-pyrrole nitrogens is 1. The number of nitrogens with zero attached hydrogens (tertiary/aromatic N) is 1. The van der Waals surface area contributed by atoms with E-state index >= 15 is 0 Å². The molecule has 5 heteroatoms. The number of aromatic nitrogens is 2. The first-order chi connectivity index (χ1) is 11.7. The Morgan fingerprint density at radius 1 is 1.17 bits per heavy atom. The molecule has 2 N–H and O–H groups in total. The first kappa shape index (κ1) is 16.1. The van der Waals surface area contributed by atoms with Crippen LogP contribution in [0.1, 0.15) is 35.7 Å². The molecule has 2 aromatic carbocycles. The normalized spacial score (nSPS) is 10.9. The Morgan fingerprint density at radius 3 is 2.71 bits per heavy atom. The molecule has 1 aromatic heterocycles. The minimum absolute atomic E-state index is 0.125. The molecule has 5 nitrogen and oxygen atoms in total. The van der Waals surface area contributed by atoms with E-state index in [1.807, 2.05) is 36.4 Å². The van der Waals surface area contributed by atoms with Crippen molar-refractivity contribution in [3.63, 3.8) is 0 Å². The number of hydrogen-bond acceptors (Lipinski definition) is 2. The Balaban J connectivity index is 1.78. The number of amides is 1. The molecule has 24 heavy (non-hydrogen) atoms. The lowest BCUT2D eigenvalue weighted by atomic mass is 10.1. The standard InChI is InChI=1S/C19H21N3O2/c1-2-3-11-22-17-10-9-15(12-16(17)21-19(22)24)18(23)20-13-14-7-5-4-6-8-14/h4-10,12H,2-3,11,13H2,1H3,(H,20,23)(H,21,24). The molecule has 1 heterocycles. The Bertz CT molecular complexity index is 894. The molecule has 3 rings (SSSR count). The largest absolute Gasteiger partial charge is 0.348 e. The molecule has 0 spiro atoms. The molecule has 0 aliphatic carbocycles. The predicted octanol–water partition coefficient (Wildman–Crippen LogP) is 3.06. The number of rotatable bonds is 6. The van der Waals surface area contributed by atoms with Gasteiger partial charge in [-0.1, -0.05) is 43.7 Å². The fourth-order valence-electron chi connectivity index (χ4n) is 2.72. The molecule has 0 aliphatic heterocycles. The van der Waals surface area contributed by atoms with E-state index in [4.69, 9.17) is 0 Å². The Hall–Kier alpha value is -2.82. The third kappa shape index (κ3) is 3.40. The zero-order chi connectivity index (χ0) is 16.9. The van der Waals surface area contributed by atoms with Crippen molar-refractivity contribution < 1.29 is 4.79 Å². The zero-order valence-electron chi connectivity index (χ0n) is 13.7. The third-order valence-electron chi connectivity index (χ3n) is 4.07. The van der Waals surface area contributed by atoms with Gasteiger partial charge in [0.05, 0.1) is 11.0 Å². The van der Waals surface area contributed by atoms with Crippen LogP contribution in [0.2, 0.25) is 0 Å². The number of aromatic amines is 1. The van der Waals surface area contributed by atoms with Gasteiger partial charge in [-0.25, -0.2) is 4.79 Å². The molecule has 0 saturated carbocycles. The van der Waals surface area contributed by atoms with Crippen LogP contribution < -0.4 is 11.0 Å². The summed E-state index contributed by atoms with van der Waals surface area (Å²) in [5.41, 5.74) is 3.00. The molecule has 0 unspecified atom stereocenters. The van der Waals surface area contributed by atoms with Gasteiger partial charge in [0.2, 0.25) is 0 Å². The summed E-state index contributed by atoms with van der Waals surface area (Å²) in [7, 11) is 0. The molecular formula is C19H21N3O2. The van der Waals surface area contributed by atoms with Crippen molar-refractivity contribution in [1.82, 2.24) is 14.9 Å². The SMILES string of the molecule is CCCCn1c(=O)[nH]c2cc(C(=O)NCc3ccccc3)ccc21. The highest BCUT2D eigenvalue weighted by molar-refractivity contribution is 5.97. The van der Waals surface area contributed by atoms with Crippen LogP contribution >= 0.6 is 0 Å². The summed E-state index contributed by atoms with van der Waals surface area (Å²) < 4.78 is 1.73. The smallest absolute Gasteiger partial charge is 0.326 e. The van der Waals surface area contributed by atoms with Crippen LogP contribution in [0.15, 0.2) is 53.3 Å². The maximum absolute atomic E-state index is 12.3. The highest BCUT2D eigenvalue weighted by atomic mass is 16.2. The highest BCUT2D eigenvalue weighted by Crippen LogP contribution is 2.14. The lowest BCUT2D eigenvalue weighted by Crippen LogP contribution is -2.22. The van der Waals surface area contributed by atoms with Gasteiger partial charge in [-0.15, -0.1) is 0 Å². The number of fused-ring (bicyclic) bond motifs is 1. The number of carbonyl (C=O) groups is 1. The Morgan fingerprint density at radius 2 is 1.96 bits per heavy atom. The Labute approximate surface area is 140 Å². The van der Waals surface area contributed by atoms with E-state index in [1.165, 1.54) is 0 Å². The predicted molar refractivity (Wildman–Crippen MR) is 95.1 cm³/mol. The van der Waals surface area contributed by atoms with Crippen LogP contribution in [0, 0.1) is 0 Å². The van der Waals surface area contributed by atoms with Crippen LogP contribution in [-0.4, -0.2) is 15.5 Å². The number of imidazole rings is 1. The van der Waals surface area contributed by atoms with Crippen molar-refractivity contribution >= 4 is 16.9 Å². The summed E-state index contributed by atoms with van der Waals surface area (Å²) in [5.74, 6) is -0.150. The zero-order valence-corrected chi connectivity index (χ0v) is 13.7. The minimum atomic E-state index is -0.150. The van der Waals surface area contributed by atoms with E-state index in [-0.39, 0.29) is 11.6 Å². The molecule has 0 atom stereocenters. The molecule has 0 radical (unpaired) electrons. The maximum atomic E-state index is 12.3. The fourth-order valence-corrected chi connectivity index (χ4v) is 2.72. The average Bonchev–Trinajstić information content (AvgIpc) is 2.93. The van der Waals surface area contributed by atoms with E-state index in [0.717, 1.165) is 23.9 Å². The van der Waals surface area contributed by atoms with Crippen LogP contribution in [0.4, 0.5) is 0 Å². The second kappa shape index (κ2) is 7.17. The van der Waals surface area contributed by atoms with E-state index < -0.39 is 0 Å². The first-order valence-corrected chi connectivity index (χ1v) is 8.23. The molecule has 124 valence electrons. The van der Waals surface area contributed by atoms with Crippen LogP contribution in [0.25, 0.3) is 11.0 Å². The fraction of sp³-hybridized carbons (Fsp3) is 0.263. The number of hydrogen-bond donors (Lipinski definition) is 2. The van der Waals surface area contributed by atoms with Gasteiger partial charge in [-0.3, -0.25) is 9.36 Å². The minimum Gasteiger partial charge on any atom is -0.348 e. The lowest BCUT2D eigenvalue weighted by molar-refractivity contribution is 0.0951. The van der Waals surface area contributed by atoms with Gasteiger partial charge in [-0.2, -0.15) is 0 Å². The van der Waals surface area contributed by atoms with E-state index in [9.17, 15) is 9.59 Å². The van der Waals surface area contributed by atoms with E-state index in [2.05, 4.69) is 17.2 Å². The summed E-state index contributed by atoms with van der Waals surface area (Å²) in [6.45, 7) is 3.26. The monoisotopic (exact) mass is 323 g/mol. The molecule has 3 aromatic rings. The number of unbranched alkanes of at least 4 members (excludes halogenated alkanes) is 1. The number of aryl methyl sites for hydroxylation is 1. The summed E-state index contributed by atoms with van der Waals surface area (Å²) in [6.07, 6.45) is 1.98. The first-order valence-electron chi connectivity index (χ1n) is 8.23. The van der Waals surface area contributed by atoms with Gasteiger partial charge in [0.15, 0.2) is 0 Å². The van der Waals surface area contributed by atoms with Crippen molar-refractivity contribution in [2.75, 3.05) is 0 Å². The summed E-state index contributed by atoms with van der Waals surface area (Å²) in [5, 5.41) is 2.90. The van der Waals surface area contributed by atoms with Crippen molar-refractivity contribution in [2.24, 2.45) is 0 Å². The maximum Gasteiger partial charge on any atom is 0.326 e. The van der Waals surface area contributed by atoms with Crippen molar-refractivity contribution in [3.05, 3.63) is 70.1 Å². The number of nitrogens with one attached hydrogen (secondary N) is 2. The summed E-state index contributed by atoms with van der Waals surface area (Å²) in [4.78, 5) is 27.2. The molecule has 0 bridgehead atoms. The summed E-state index contributed by atoms with van der Waals surface area (Å²) in [6, 6.07) is 15.1. The van der Waals surface area contributed by atoms with Gasteiger partial charge in [-0.05, 0) is 30.2 Å². The van der Waals surface area contributed by atoms with Crippen molar-refractivity contribution in [2.45, 2.75) is 32.9 Å². The van der Waals surface area contributed by atoms with E-state index in [1.54, 1.807) is 16.7 Å². The third-order valence-corrected chi connectivity index (χ3v) is 4.07. The second-order valence-corrected chi connectivity index (χ2v) is 5.84. The van der Waals surface area contributed by atoms with Crippen LogP contribution in [0.5, 0.6) is 0 Å². The second-order valence-electron chi connectivity index (χ2n) is 5.84. The number of benzene rings is 2. The average molecular weight is 323 g/mol. The topological polar surface area (TPSA) is 66.9 Å². The van der Waals surface area contributed by atoms with Gasteiger partial charge in [0.1, 0.15) is 0 Å². The lowest BCUT2D eigenvalue weighted by Gasteiger charge is -2.06. The van der Waals surface area contributed by atoms with Gasteiger partial charge < -0.3 is 10.3 Å². The van der Waals surface area contributed by atoms with Crippen LogP contribution in [0.3, 0.4) is 0 Å². The van der Waals surface area contributed by atoms with E-state index in [0.29, 0.717) is 24.2 Å². The molecule has 1 amide bonds.